The maximum Gasteiger partial charge on any atom is 0.0492 e. The van der Waals surface area contributed by atoms with E-state index in [4.69, 9.17) is 0 Å². The van der Waals surface area contributed by atoms with Crippen LogP contribution in [0.5, 0.6) is 0 Å². The molecule has 0 aromatic heterocycles. The van der Waals surface area contributed by atoms with Crippen molar-refractivity contribution < 1.29 is 0 Å². The smallest absolute Gasteiger partial charge is 0.0492 e. The van der Waals surface area contributed by atoms with Gasteiger partial charge in [0, 0.05) is 6.04 Å². The fourth-order valence-corrected chi connectivity index (χ4v) is 1.97. The van der Waals surface area contributed by atoms with E-state index in [1.165, 1.54) is 57.8 Å². The van der Waals surface area contributed by atoms with Crippen molar-refractivity contribution >= 4 is 6.72 Å². The molecule has 1 aliphatic rings. The third kappa shape index (κ3) is 3.89. The lowest BCUT2D eigenvalue weighted by molar-refractivity contribution is 0.463. The summed E-state index contributed by atoms with van der Waals surface area (Å²) in [6, 6.07) is 0.572. The van der Waals surface area contributed by atoms with E-state index in [9.17, 15) is 0 Å². The Kier molecular flexibility index (Phi) is 5.05. The number of hydrogen-bond donors (Lipinski definition) is 0. The maximum atomic E-state index is 4.17. The monoisotopic (exact) mass is 167 g/mol. The van der Waals surface area contributed by atoms with Gasteiger partial charge in [0.1, 0.15) is 0 Å². The van der Waals surface area contributed by atoms with Gasteiger partial charge in [-0.1, -0.05) is 44.9 Å². The molecule has 70 valence electrons. The van der Waals surface area contributed by atoms with Gasteiger partial charge < -0.3 is 0 Å². The second-order valence-electron chi connectivity index (χ2n) is 3.89. The first-order chi connectivity index (χ1) is 5.93. The van der Waals surface area contributed by atoms with Crippen molar-refractivity contribution in [1.82, 2.24) is 0 Å². The lowest BCUT2D eigenvalue weighted by atomic mass is 9.98. The van der Waals surface area contributed by atoms with E-state index < -0.39 is 0 Å². The second kappa shape index (κ2) is 6.22. The van der Waals surface area contributed by atoms with Crippen LogP contribution in [-0.2, 0) is 0 Å². The summed E-state index contributed by atoms with van der Waals surface area (Å²) in [4.78, 5) is 4.17. The van der Waals surface area contributed by atoms with Crippen molar-refractivity contribution in [2.75, 3.05) is 0 Å². The molecular weight excluding hydrogens is 146 g/mol. The van der Waals surface area contributed by atoms with Crippen LogP contribution in [-0.4, -0.2) is 12.8 Å². The average Bonchev–Trinajstić information content (AvgIpc) is 2.14. The van der Waals surface area contributed by atoms with E-state index in [1.807, 2.05) is 0 Å². The molecule has 1 aliphatic carbocycles. The lowest BCUT2D eigenvalue weighted by Gasteiger charge is -2.13. The quantitative estimate of drug-likeness (QED) is 0.529. The zero-order valence-corrected chi connectivity index (χ0v) is 8.10. The molecule has 0 aliphatic heterocycles. The van der Waals surface area contributed by atoms with Crippen molar-refractivity contribution in [1.29, 1.82) is 0 Å². The molecule has 1 saturated carbocycles. The Labute approximate surface area is 76.3 Å². The number of rotatable bonds is 1. The van der Waals surface area contributed by atoms with E-state index in [-0.39, 0.29) is 0 Å². The van der Waals surface area contributed by atoms with Crippen LogP contribution >= 0.6 is 0 Å². The molecule has 12 heavy (non-hydrogen) atoms. The summed E-state index contributed by atoms with van der Waals surface area (Å²) < 4.78 is 0. The molecule has 0 unspecified atom stereocenters. The highest BCUT2D eigenvalue weighted by molar-refractivity contribution is 5.24. The van der Waals surface area contributed by atoms with Crippen LogP contribution in [0.1, 0.15) is 57.8 Å². The molecule has 1 rings (SSSR count). The summed E-state index contributed by atoms with van der Waals surface area (Å²) in [7, 11) is 0. The van der Waals surface area contributed by atoms with Crippen LogP contribution in [0.25, 0.3) is 0 Å². The Morgan fingerprint density at radius 2 is 1.17 bits per heavy atom. The molecule has 0 aromatic carbocycles. The normalized spacial score (nSPS) is 23.3. The minimum atomic E-state index is 0.572. The molecule has 1 fully saturated rings. The maximum absolute atomic E-state index is 4.17. The Morgan fingerprint density at radius 1 is 0.750 bits per heavy atom. The van der Waals surface area contributed by atoms with Crippen molar-refractivity contribution in [3.63, 3.8) is 0 Å². The first-order valence-corrected chi connectivity index (χ1v) is 5.39. The number of nitrogens with zero attached hydrogens (tertiary/aromatic N) is 1. The van der Waals surface area contributed by atoms with Crippen LogP contribution in [0.3, 0.4) is 0 Å². The van der Waals surface area contributed by atoms with Crippen molar-refractivity contribution in [2.24, 2.45) is 4.99 Å². The highest BCUT2D eigenvalue weighted by atomic mass is 14.7. The second-order valence-corrected chi connectivity index (χ2v) is 3.89. The molecule has 0 atom stereocenters. The SMILES string of the molecule is C=NC1CCCCCCCCC1. The highest BCUT2D eigenvalue weighted by Crippen LogP contribution is 2.18. The van der Waals surface area contributed by atoms with E-state index in [1.54, 1.807) is 0 Å². The van der Waals surface area contributed by atoms with Gasteiger partial charge in [0.2, 0.25) is 0 Å². The molecule has 1 heteroatoms. The van der Waals surface area contributed by atoms with E-state index in [2.05, 4.69) is 11.7 Å². The van der Waals surface area contributed by atoms with Crippen molar-refractivity contribution in [3.8, 4) is 0 Å². The van der Waals surface area contributed by atoms with Gasteiger partial charge in [-0.2, -0.15) is 0 Å². The molecule has 0 aromatic rings. The predicted molar refractivity (Wildman–Crippen MR) is 54.9 cm³/mol. The van der Waals surface area contributed by atoms with Gasteiger partial charge in [-0.15, -0.1) is 0 Å². The van der Waals surface area contributed by atoms with Crippen LogP contribution in [0.2, 0.25) is 0 Å². The Morgan fingerprint density at radius 3 is 1.58 bits per heavy atom. The first-order valence-electron chi connectivity index (χ1n) is 5.39. The summed E-state index contributed by atoms with van der Waals surface area (Å²) in [5.74, 6) is 0. The van der Waals surface area contributed by atoms with Crippen LogP contribution in [0, 0.1) is 0 Å². The van der Waals surface area contributed by atoms with Crippen LogP contribution in [0.4, 0.5) is 0 Å². The predicted octanol–water partition coefficient (Wildman–Crippen LogP) is 3.58. The molecule has 0 N–H and O–H groups in total. The zero-order valence-electron chi connectivity index (χ0n) is 8.10. The average molecular weight is 167 g/mol. The first kappa shape index (κ1) is 9.76. The largest absolute Gasteiger partial charge is 0.298 e. The fraction of sp³-hybridized carbons (Fsp3) is 0.909. The highest BCUT2D eigenvalue weighted by Gasteiger charge is 2.06. The minimum absolute atomic E-state index is 0.572. The molecule has 0 heterocycles. The summed E-state index contributed by atoms with van der Waals surface area (Å²) in [5.41, 5.74) is 0. The third-order valence-electron chi connectivity index (χ3n) is 2.83. The van der Waals surface area contributed by atoms with Crippen molar-refractivity contribution in [3.05, 3.63) is 0 Å². The van der Waals surface area contributed by atoms with Crippen LogP contribution in [0.15, 0.2) is 4.99 Å². The van der Waals surface area contributed by atoms with Gasteiger partial charge in [0.05, 0.1) is 0 Å². The molecular formula is C11H21N. The van der Waals surface area contributed by atoms with Gasteiger partial charge in [-0.3, -0.25) is 4.99 Å². The van der Waals surface area contributed by atoms with Gasteiger partial charge in [-0.05, 0) is 19.6 Å². The Bertz CT molecular complexity index is 110. The van der Waals surface area contributed by atoms with Gasteiger partial charge in [0.25, 0.3) is 0 Å². The molecule has 0 amide bonds. The topological polar surface area (TPSA) is 12.4 Å². The molecule has 0 bridgehead atoms. The third-order valence-corrected chi connectivity index (χ3v) is 2.83. The molecule has 0 spiro atoms. The van der Waals surface area contributed by atoms with Gasteiger partial charge in [-0.25, -0.2) is 0 Å². The standard InChI is InChI=1S/C11H21N/c1-12-11-9-7-5-3-2-4-6-8-10-11/h11H,1-10H2. The van der Waals surface area contributed by atoms with Crippen molar-refractivity contribution in [2.45, 2.75) is 63.8 Å². The van der Waals surface area contributed by atoms with E-state index >= 15 is 0 Å². The minimum Gasteiger partial charge on any atom is -0.298 e. The summed E-state index contributed by atoms with van der Waals surface area (Å²) in [6.45, 7) is 3.66. The molecule has 0 radical (unpaired) electrons. The summed E-state index contributed by atoms with van der Waals surface area (Å²) in [6.07, 6.45) is 12.4. The Balaban J connectivity index is 2.21. The van der Waals surface area contributed by atoms with E-state index in [0.29, 0.717) is 6.04 Å². The summed E-state index contributed by atoms with van der Waals surface area (Å²) in [5, 5.41) is 0. The Hall–Kier alpha value is -0.330. The zero-order chi connectivity index (χ0) is 8.65. The van der Waals surface area contributed by atoms with Gasteiger partial charge in [0.15, 0.2) is 0 Å². The van der Waals surface area contributed by atoms with Gasteiger partial charge >= 0.3 is 0 Å². The number of hydrogen-bond acceptors (Lipinski definition) is 1. The number of aliphatic imine (C=N–C) groups is 1. The summed E-state index contributed by atoms with van der Waals surface area (Å²) >= 11 is 0. The van der Waals surface area contributed by atoms with Crippen LogP contribution < -0.4 is 0 Å². The van der Waals surface area contributed by atoms with E-state index in [0.717, 1.165) is 0 Å². The molecule has 1 nitrogen and oxygen atoms in total. The fourth-order valence-electron chi connectivity index (χ4n) is 1.97. The lowest BCUT2D eigenvalue weighted by Crippen LogP contribution is -2.04. The molecule has 0 saturated heterocycles.